The zero-order valence-corrected chi connectivity index (χ0v) is 12.7. The fraction of sp³-hybridized carbons (Fsp3) is 0.211. The number of aliphatic hydroxyl groups is 1. The van der Waals surface area contributed by atoms with Crippen LogP contribution in [-0.2, 0) is 4.79 Å². The monoisotopic (exact) mass is 309 g/mol. The van der Waals surface area contributed by atoms with Crippen molar-refractivity contribution in [3.8, 4) is 5.75 Å². The summed E-state index contributed by atoms with van der Waals surface area (Å²) >= 11 is 0. The van der Waals surface area contributed by atoms with Gasteiger partial charge in [0.1, 0.15) is 18.0 Å². The average molecular weight is 309 g/mol. The molecule has 0 saturated carbocycles. The van der Waals surface area contributed by atoms with Gasteiger partial charge in [-0.1, -0.05) is 48.5 Å². The molecule has 2 aromatic carbocycles. The van der Waals surface area contributed by atoms with E-state index in [9.17, 15) is 9.90 Å². The van der Waals surface area contributed by atoms with E-state index in [1.165, 1.54) is 6.08 Å². The van der Waals surface area contributed by atoms with Gasteiger partial charge in [-0.25, -0.2) is 0 Å². The fourth-order valence-electron chi connectivity index (χ4n) is 2.56. The summed E-state index contributed by atoms with van der Waals surface area (Å²) < 4.78 is 5.76. The Labute approximate surface area is 135 Å². The summed E-state index contributed by atoms with van der Waals surface area (Å²) in [6.07, 6.45) is 2.24. The Morgan fingerprint density at radius 2 is 1.70 bits per heavy atom. The number of carbonyl (C=O) groups is 1. The van der Waals surface area contributed by atoms with Crippen molar-refractivity contribution in [2.24, 2.45) is 0 Å². The number of likely N-dealkylation sites (tertiary alicyclic amines) is 1. The molecule has 0 aromatic heterocycles. The molecule has 1 heterocycles. The Bertz CT molecular complexity index is 670. The summed E-state index contributed by atoms with van der Waals surface area (Å²) in [6, 6.07) is 19.0. The zero-order valence-electron chi connectivity index (χ0n) is 12.7. The molecular weight excluding hydrogens is 290 g/mol. The first kappa shape index (κ1) is 15.3. The van der Waals surface area contributed by atoms with Crippen LogP contribution in [0.1, 0.15) is 5.56 Å². The second-order valence-corrected chi connectivity index (χ2v) is 5.52. The van der Waals surface area contributed by atoms with Crippen molar-refractivity contribution in [2.75, 3.05) is 13.1 Å². The van der Waals surface area contributed by atoms with Gasteiger partial charge in [0.25, 0.3) is 0 Å². The van der Waals surface area contributed by atoms with E-state index in [4.69, 9.17) is 4.74 Å². The number of rotatable bonds is 4. The number of nitrogens with zero attached hydrogens (tertiary/aromatic N) is 1. The molecule has 118 valence electrons. The standard InChI is InChI=1S/C19H19NO3/c21-17-13-20(14-18(17)23-16-9-5-2-6-10-16)19(22)12-11-15-7-3-1-4-8-15/h1-12,17-18,21H,13-14H2/t17-,18-/m1/s1. The van der Waals surface area contributed by atoms with E-state index >= 15 is 0 Å². The average Bonchev–Trinajstić information content (AvgIpc) is 2.95. The zero-order chi connectivity index (χ0) is 16.1. The van der Waals surface area contributed by atoms with Crippen molar-refractivity contribution in [1.29, 1.82) is 0 Å². The number of ether oxygens (including phenoxy) is 1. The molecule has 1 amide bonds. The second kappa shape index (κ2) is 7.11. The van der Waals surface area contributed by atoms with Crippen LogP contribution in [0.2, 0.25) is 0 Å². The smallest absolute Gasteiger partial charge is 0.246 e. The number of aliphatic hydroxyl groups excluding tert-OH is 1. The third kappa shape index (κ3) is 3.99. The minimum Gasteiger partial charge on any atom is -0.486 e. The van der Waals surface area contributed by atoms with Gasteiger partial charge in [0, 0.05) is 6.08 Å². The fourth-order valence-corrected chi connectivity index (χ4v) is 2.56. The van der Waals surface area contributed by atoms with Crippen molar-refractivity contribution in [3.63, 3.8) is 0 Å². The van der Waals surface area contributed by atoms with Crippen molar-refractivity contribution < 1.29 is 14.6 Å². The highest BCUT2D eigenvalue weighted by Gasteiger charge is 2.34. The van der Waals surface area contributed by atoms with Gasteiger partial charge in [-0.3, -0.25) is 4.79 Å². The van der Waals surface area contributed by atoms with Crippen molar-refractivity contribution >= 4 is 12.0 Å². The summed E-state index contributed by atoms with van der Waals surface area (Å²) in [7, 11) is 0. The van der Waals surface area contributed by atoms with Gasteiger partial charge in [-0.05, 0) is 23.8 Å². The lowest BCUT2D eigenvalue weighted by Gasteiger charge is -2.16. The maximum Gasteiger partial charge on any atom is 0.246 e. The number of benzene rings is 2. The number of carbonyl (C=O) groups excluding carboxylic acids is 1. The van der Waals surface area contributed by atoms with Crippen molar-refractivity contribution in [2.45, 2.75) is 12.2 Å². The van der Waals surface area contributed by atoms with Crippen LogP contribution >= 0.6 is 0 Å². The topological polar surface area (TPSA) is 49.8 Å². The number of amides is 1. The summed E-state index contributed by atoms with van der Waals surface area (Å²) in [4.78, 5) is 13.8. The molecule has 1 aliphatic rings. The molecule has 1 saturated heterocycles. The Morgan fingerprint density at radius 1 is 1.04 bits per heavy atom. The van der Waals surface area contributed by atoms with E-state index in [2.05, 4.69) is 0 Å². The molecule has 1 N–H and O–H groups in total. The maximum atomic E-state index is 12.2. The number of hydrogen-bond acceptors (Lipinski definition) is 3. The van der Waals surface area contributed by atoms with Gasteiger partial charge < -0.3 is 14.7 Å². The largest absolute Gasteiger partial charge is 0.486 e. The Morgan fingerprint density at radius 3 is 2.39 bits per heavy atom. The highest BCUT2D eigenvalue weighted by atomic mass is 16.5. The van der Waals surface area contributed by atoms with Crippen molar-refractivity contribution in [1.82, 2.24) is 4.90 Å². The van der Waals surface area contributed by atoms with Crippen LogP contribution in [0.15, 0.2) is 66.7 Å². The van der Waals surface area contributed by atoms with Crippen molar-refractivity contribution in [3.05, 3.63) is 72.3 Å². The number of β-amino-alcohol motifs (C(OH)–C–C–N with tert-alkyl or cyclic N) is 1. The number of para-hydroxylation sites is 1. The van der Waals surface area contributed by atoms with Crippen LogP contribution in [0.25, 0.3) is 6.08 Å². The van der Waals surface area contributed by atoms with Gasteiger partial charge in [-0.2, -0.15) is 0 Å². The molecule has 1 fully saturated rings. The molecule has 0 radical (unpaired) electrons. The molecule has 4 heteroatoms. The van der Waals surface area contributed by atoms with Crippen LogP contribution in [-0.4, -0.2) is 41.2 Å². The first-order chi connectivity index (χ1) is 11.2. The molecule has 0 aliphatic carbocycles. The quantitative estimate of drug-likeness (QED) is 0.882. The minimum absolute atomic E-state index is 0.118. The molecule has 4 nitrogen and oxygen atoms in total. The summed E-state index contributed by atoms with van der Waals surface area (Å²) in [5.74, 6) is 0.581. The SMILES string of the molecule is O=C(C=Cc1ccccc1)N1C[C@@H](O)[C@H](Oc2ccccc2)C1. The lowest BCUT2D eigenvalue weighted by molar-refractivity contribution is -0.125. The minimum atomic E-state index is -0.677. The van der Waals surface area contributed by atoms with E-state index < -0.39 is 12.2 Å². The van der Waals surface area contributed by atoms with Crippen LogP contribution in [0.4, 0.5) is 0 Å². The second-order valence-electron chi connectivity index (χ2n) is 5.52. The van der Waals surface area contributed by atoms with E-state index in [0.717, 1.165) is 5.56 Å². The molecule has 3 rings (SSSR count). The van der Waals surface area contributed by atoms with Gasteiger partial charge in [0.2, 0.25) is 5.91 Å². The van der Waals surface area contributed by atoms with Crippen LogP contribution in [0.5, 0.6) is 5.75 Å². The Kier molecular flexibility index (Phi) is 4.74. The highest BCUT2D eigenvalue weighted by Crippen LogP contribution is 2.19. The predicted octanol–water partition coefficient (Wildman–Crippen LogP) is 2.35. The Hall–Kier alpha value is -2.59. The third-order valence-corrected chi connectivity index (χ3v) is 3.80. The number of hydrogen-bond donors (Lipinski definition) is 1. The normalized spacial score (nSPS) is 20.8. The summed E-state index contributed by atoms with van der Waals surface area (Å²) in [5.41, 5.74) is 0.970. The predicted molar refractivity (Wildman–Crippen MR) is 88.9 cm³/mol. The molecule has 1 aliphatic heterocycles. The van der Waals surface area contributed by atoms with Crippen LogP contribution in [0.3, 0.4) is 0 Å². The van der Waals surface area contributed by atoms with Crippen LogP contribution < -0.4 is 4.74 Å². The molecule has 0 bridgehead atoms. The first-order valence-corrected chi connectivity index (χ1v) is 7.64. The van der Waals surface area contributed by atoms with Gasteiger partial charge in [0.05, 0.1) is 13.1 Å². The molecule has 0 unspecified atom stereocenters. The summed E-state index contributed by atoms with van der Waals surface area (Å²) in [5, 5.41) is 10.1. The summed E-state index contributed by atoms with van der Waals surface area (Å²) in [6.45, 7) is 0.670. The lowest BCUT2D eigenvalue weighted by Crippen LogP contribution is -2.30. The molecule has 2 atom stereocenters. The van der Waals surface area contributed by atoms with E-state index in [1.54, 1.807) is 11.0 Å². The van der Waals surface area contributed by atoms with E-state index in [0.29, 0.717) is 12.3 Å². The van der Waals surface area contributed by atoms with Gasteiger partial charge >= 0.3 is 0 Å². The van der Waals surface area contributed by atoms with Gasteiger partial charge in [-0.15, -0.1) is 0 Å². The third-order valence-electron chi connectivity index (χ3n) is 3.80. The Balaban J connectivity index is 1.59. The molecule has 0 spiro atoms. The van der Waals surface area contributed by atoms with E-state index in [1.807, 2.05) is 60.7 Å². The highest BCUT2D eigenvalue weighted by molar-refractivity contribution is 5.92. The molecule has 2 aromatic rings. The molecular formula is C19H19NO3. The van der Waals surface area contributed by atoms with Gasteiger partial charge in [0.15, 0.2) is 0 Å². The lowest BCUT2D eigenvalue weighted by atomic mass is 10.2. The van der Waals surface area contributed by atoms with Crippen LogP contribution in [0, 0.1) is 0 Å². The first-order valence-electron chi connectivity index (χ1n) is 7.64. The van der Waals surface area contributed by atoms with E-state index in [-0.39, 0.29) is 12.5 Å². The molecule has 23 heavy (non-hydrogen) atoms. The maximum absolute atomic E-state index is 12.2.